The zero-order chi connectivity index (χ0) is 23.0. The lowest BCUT2D eigenvalue weighted by atomic mass is 10.1. The molecule has 4 nitrogen and oxygen atoms in total. The number of nitrogens with one attached hydrogen (secondary N) is 2. The van der Waals surface area contributed by atoms with Gasteiger partial charge in [0.25, 0.3) is 5.91 Å². The van der Waals surface area contributed by atoms with Gasteiger partial charge >= 0.3 is 0 Å². The van der Waals surface area contributed by atoms with Gasteiger partial charge in [-0.05, 0) is 54.6 Å². The van der Waals surface area contributed by atoms with Crippen LogP contribution in [-0.2, 0) is 13.2 Å². The molecule has 4 aromatic carbocycles. The Morgan fingerprint density at radius 1 is 0.818 bits per heavy atom. The molecule has 0 saturated carbocycles. The van der Waals surface area contributed by atoms with E-state index in [0.29, 0.717) is 34.1 Å². The van der Waals surface area contributed by atoms with Crippen molar-refractivity contribution < 1.29 is 13.9 Å². The summed E-state index contributed by atoms with van der Waals surface area (Å²) in [4.78, 5) is 12.4. The molecule has 0 unspecified atom stereocenters. The van der Waals surface area contributed by atoms with Gasteiger partial charge in [0.05, 0.1) is 0 Å². The smallest absolute Gasteiger partial charge is 0.255 e. The normalized spacial score (nSPS) is 10.5. The first-order chi connectivity index (χ1) is 16.1. The molecule has 0 radical (unpaired) electrons. The Labute approximate surface area is 197 Å². The summed E-state index contributed by atoms with van der Waals surface area (Å²) in [5, 5.41) is 6.81. The lowest BCUT2D eigenvalue weighted by Crippen LogP contribution is -2.11. The SMILES string of the molecule is O=C(Nc1cccc(NCc2cc(Cl)ccc2OCc2ccccc2F)c1)c1ccccc1. The van der Waals surface area contributed by atoms with Gasteiger partial charge in [-0.3, -0.25) is 4.79 Å². The number of ether oxygens (including phenoxy) is 1. The fourth-order valence-electron chi connectivity index (χ4n) is 3.29. The van der Waals surface area contributed by atoms with Gasteiger partial charge < -0.3 is 15.4 Å². The minimum Gasteiger partial charge on any atom is -0.488 e. The van der Waals surface area contributed by atoms with Crippen LogP contribution in [0, 0.1) is 5.82 Å². The second-order valence-corrected chi connectivity index (χ2v) is 7.82. The van der Waals surface area contributed by atoms with Crippen molar-refractivity contribution >= 4 is 28.9 Å². The maximum Gasteiger partial charge on any atom is 0.255 e. The highest BCUT2D eigenvalue weighted by Crippen LogP contribution is 2.26. The molecule has 0 aliphatic heterocycles. The number of amides is 1. The maximum absolute atomic E-state index is 13.9. The van der Waals surface area contributed by atoms with Crippen LogP contribution in [0.1, 0.15) is 21.5 Å². The monoisotopic (exact) mass is 460 g/mol. The van der Waals surface area contributed by atoms with Crippen molar-refractivity contribution in [1.82, 2.24) is 0 Å². The Morgan fingerprint density at radius 3 is 2.39 bits per heavy atom. The minimum atomic E-state index is -0.305. The molecule has 0 bridgehead atoms. The van der Waals surface area contributed by atoms with Gasteiger partial charge in [-0.1, -0.05) is 54.1 Å². The summed E-state index contributed by atoms with van der Waals surface area (Å²) in [5.41, 5.74) is 3.40. The highest BCUT2D eigenvalue weighted by Gasteiger charge is 2.09. The molecule has 0 aliphatic rings. The van der Waals surface area contributed by atoms with E-state index in [1.807, 2.05) is 48.5 Å². The van der Waals surface area contributed by atoms with Crippen LogP contribution in [0.2, 0.25) is 5.02 Å². The molecule has 6 heteroatoms. The Morgan fingerprint density at radius 2 is 1.58 bits per heavy atom. The standard InChI is InChI=1S/C27H22ClFN2O2/c28-22-13-14-26(33-18-20-9-4-5-12-25(20)29)21(15-22)17-30-23-10-6-11-24(16-23)31-27(32)19-7-2-1-3-8-19/h1-16,30H,17-18H2,(H,31,32). The summed E-state index contributed by atoms with van der Waals surface area (Å²) in [6.45, 7) is 0.547. The first kappa shape index (κ1) is 22.4. The quantitative estimate of drug-likeness (QED) is 0.300. The number of benzene rings is 4. The third kappa shape index (κ3) is 6.11. The second-order valence-electron chi connectivity index (χ2n) is 7.39. The second kappa shape index (κ2) is 10.7. The first-order valence-corrected chi connectivity index (χ1v) is 10.8. The molecule has 1 amide bonds. The summed E-state index contributed by atoms with van der Waals surface area (Å²) >= 11 is 6.19. The average molecular weight is 461 g/mol. The fourth-order valence-corrected chi connectivity index (χ4v) is 3.49. The predicted molar refractivity (Wildman–Crippen MR) is 130 cm³/mol. The molecule has 4 rings (SSSR count). The molecule has 2 N–H and O–H groups in total. The molecule has 33 heavy (non-hydrogen) atoms. The van der Waals surface area contributed by atoms with Crippen LogP contribution in [0.4, 0.5) is 15.8 Å². The zero-order valence-electron chi connectivity index (χ0n) is 17.7. The van der Waals surface area contributed by atoms with Crippen LogP contribution in [0.15, 0.2) is 97.1 Å². The molecular formula is C27H22ClFN2O2. The molecule has 0 fully saturated rings. The Balaban J connectivity index is 1.42. The van der Waals surface area contributed by atoms with Crippen molar-refractivity contribution in [3.8, 4) is 5.75 Å². The van der Waals surface area contributed by atoms with E-state index in [9.17, 15) is 9.18 Å². The number of rotatable bonds is 8. The third-order valence-corrected chi connectivity index (χ3v) is 5.24. The van der Waals surface area contributed by atoms with E-state index in [-0.39, 0.29) is 18.3 Å². The van der Waals surface area contributed by atoms with Gasteiger partial charge in [-0.2, -0.15) is 0 Å². The number of anilines is 2. The van der Waals surface area contributed by atoms with E-state index < -0.39 is 0 Å². The summed E-state index contributed by atoms with van der Waals surface area (Å²) in [6, 6.07) is 28.3. The molecule has 166 valence electrons. The zero-order valence-corrected chi connectivity index (χ0v) is 18.5. The number of hydrogen-bond acceptors (Lipinski definition) is 3. The molecule has 0 aromatic heterocycles. The topological polar surface area (TPSA) is 50.4 Å². The van der Waals surface area contributed by atoms with Crippen LogP contribution in [0.5, 0.6) is 5.75 Å². The Kier molecular flexibility index (Phi) is 7.22. The average Bonchev–Trinajstić information content (AvgIpc) is 2.84. The van der Waals surface area contributed by atoms with Gasteiger partial charge in [0, 0.05) is 39.6 Å². The molecular weight excluding hydrogens is 439 g/mol. The summed E-state index contributed by atoms with van der Waals surface area (Å²) < 4.78 is 19.8. The molecule has 0 heterocycles. The highest BCUT2D eigenvalue weighted by atomic mass is 35.5. The number of hydrogen-bond donors (Lipinski definition) is 2. The summed E-state index contributed by atoms with van der Waals surface area (Å²) in [6.07, 6.45) is 0. The van der Waals surface area contributed by atoms with Gasteiger partial charge in [0.15, 0.2) is 0 Å². The van der Waals surface area contributed by atoms with Crippen molar-refractivity contribution in [3.05, 3.63) is 125 Å². The van der Waals surface area contributed by atoms with Gasteiger partial charge in [0.1, 0.15) is 18.2 Å². The van der Waals surface area contributed by atoms with Gasteiger partial charge in [-0.25, -0.2) is 4.39 Å². The van der Waals surface area contributed by atoms with Crippen LogP contribution >= 0.6 is 11.6 Å². The van der Waals surface area contributed by atoms with Crippen molar-refractivity contribution in [2.45, 2.75) is 13.2 Å². The van der Waals surface area contributed by atoms with Gasteiger partial charge in [0.2, 0.25) is 0 Å². The predicted octanol–water partition coefficient (Wildman–Crippen LogP) is 6.92. The third-order valence-electron chi connectivity index (χ3n) is 5.00. The number of halogens is 2. The molecule has 0 saturated heterocycles. The largest absolute Gasteiger partial charge is 0.488 e. The van der Waals surface area contributed by atoms with Gasteiger partial charge in [-0.15, -0.1) is 0 Å². The number of carbonyl (C=O) groups is 1. The van der Waals surface area contributed by atoms with Crippen molar-refractivity contribution in [2.75, 3.05) is 10.6 Å². The summed E-state index contributed by atoms with van der Waals surface area (Å²) in [7, 11) is 0. The Bertz CT molecular complexity index is 1250. The van der Waals surface area contributed by atoms with Crippen LogP contribution < -0.4 is 15.4 Å². The summed E-state index contributed by atoms with van der Waals surface area (Å²) in [5.74, 6) is 0.135. The molecule has 0 spiro atoms. The van der Waals surface area contributed by atoms with Crippen LogP contribution in [0.3, 0.4) is 0 Å². The lowest BCUT2D eigenvalue weighted by Gasteiger charge is -2.14. The molecule has 0 aliphatic carbocycles. The van der Waals surface area contributed by atoms with E-state index in [1.165, 1.54) is 6.07 Å². The van der Waals surface area contributed by atoms with E-state index in [2.05, 4.69) is 10.6 Å². The van der Waals surface area contributed by atoms with E-state index >= 15 is 0 Å². The van der Waals surface area contributed by atoms with Crippen LogP contribution in [-0.4, -0.2) is 5.91 Å². The van der Waals surface area contributed by atoms with Crippen molar-refractivity contribution in [2.24, 2.45) is 0 Å². The van der Waals surface area contributed by atoms with E-state index in [4.69, 9.17) is 16.3 Å². The first-order valence-electron chi connectivity index (χ1n) is 10.4. The molecule has 0 atom stereocenters. The minimum absolute atomic E-state index is 0.113. The Hall–Kier alpha value is -3.83. The van der Waals surface area contributed by atoms with Crippen LogP contribution in [0.25, 0.3) is 0 Å². The van der Waals surface area contributed by atoms with E-state index in [0.717, 1.165) is 11.3 Å². The number of carbonyl (C=O) groups excluding carboxylic acids is 1. The lowest BCUT2D eigenvalue weighted by molar-refractivity contribution is 0.102. The fraction of sp³-hybridized carbons (Fsp3) is 0.0741. The van der Waals surface area contributed by atoms with Crippen molar-refractivity contribution in [3.63, 3.8) is 0 Å². The van der Waals surface area contributed by atoms with E-state index in [1.54, 1.807) is 42.5 Å². The van der Waals surface area contributed by atoms with Crippen molar-refractivity contribution in [1.29, 1.82) is 0 Å². The maximum atomic E-state index is 13.9. The molecule has 4 aromatic rings. The highest BCUT2D eigenvalue weighted by molar-refractivity contribution is 6.30.